The topological polar surface area (TPSA) is 55.5 Å². The van der Waals surface area contributed by atoms with Crippen molar-refractivity contribution in [3.05, 3.63) is 35.9 Å². The van der Waals surface area contributed by atoms with Crippen molar-refractivity contribution in [3.8, 4) is 0 Å². The van der Waals surface area contributed by atoms with Crippen molar-refractivity contribution < 1.29 is 9.68 Å². The lowest BCUT2D eigenvalue weighted by Gasteiger charge is -2.01. The Morgan fingerprint density at radius 3 is 2.55 bits per heavy atom. The molecule has 0 radical (unpaired) electrons. The third kappa shape index (κ3) is 3.18. The van der Waals surface area contributed by atoms with Crippen molar-refractivity contribution in [2.75, 3.05) is 0 Å². The van der Waals surface area contributed by atoms with Gasteiger partial charge in [-0.3, -0.25) is 0 Å². The standard InChI is InChI=1S/C7H10BNO2/c9-8(10)11-6-7-4-2-1-3-5-7/h1-5,10H,6,9H2. The van der Waals surface area contributed by atoms with Gasteiger partial charge in [-0.2, -0.15) is 0 Å². The third-order valence-corrected chi connectivity index (χ3v) is 1.26. The first kappa shape index (κ1) is 8.26. The lowest BCUT2D eigenvalue weighted by atomic mass is 10.1. The van der Waals surface area contributed by atoms with E-state index in [4.69, 9.17) is 15.3 Å². The summed E-state index contributed by atoms with van der Waals surface area (Å²) in [4.78, 5) is 0. The van der Waals surface area contributed by atoms with Crippen LogP contribution in [-0.4, -0.2) is 12.3 Å². The van der Waals surface area contributed by atoms with Crippen LogP contribution in [0.25, 0.3) is 0 Å². The molecule has 0 aliphatic rings. The van der Waals surface area contributed by atoms with Crippen LogP contribution in [0, 0.1) is 0 Å². The molecule has 0 bridgehead atoms. The van der Waals surface area contributed by atoms with Gasteiger partial charge in [0.25, 0.3) is 0 Å². The summed E-state index contributed by atoms with van der Waals surface area (Å²) in [5.74, 6) is 0. The molecule has 0 fully saturated rings. The lowest BCUT2D eigenvalue weighted by molar-refractivity contribution is 0.249. The first-order valence-electron chi connectivity index (χ1n) is 3.38. The van der Waals surface area contributed by atoms with Crippen molar-refractivity contribution >= 4 is 7.25 Å². The third-order valence-electron chi connectivity index (χ3n) is 1.26. The molecule has 11 heavy (non-hydrogen) atoms. The van der Waals surface area contributed by atoms with E-state index >= 15 is 0 Å². The number of hydrogen-bond donors (Lipinski definition) is 2. The van der Waals surface area contributed by atoms with Crippen molar-refractivity contribution in [1.29, 1.82) is 0 Å². The summed E-state index contributed by atoms with van der Waals surface area (Å²) in [6, 6.07) is 9.54. The van der Waals surface area contributed by atoms with Crippen molar-refractivity contribution in [2.24, 2.45) is 5.64 Å². The molecule has 0 saturated heterocycles. The fourth-order valence-corrected chi connectivity index (χ4v) is 0.756. The number of benzene rings is 1. The molecule has 1 rings (SSSR count). The van der Waals surface area contributed by atoms with Crippen LogP contribution in [0.2, 0.25) is 0 Å². The number of nitrogens with two attached hydrogens (primary N) is 1. The van der Waals surface area contributed by atoms with Crippen LogP contribution in [0.1, 0.15) is 5.56 Å². The minimum absolute atomic E-state index is 0.346. The minimum atomic E-state index is -1.18. The average molecular weight is 151 g/mol. The van der Waals surface area contributed by atoms with E-state index in [0.29, 0.717) is 6.61 Å². The monoisotopic (exact) mass is 151 g/mol. The summed E-state index contributed by atoms with van der Waals surface area (Å²) in [6.07, 6.45) is 0. The molecule has 0 aliphatic carbocycles. The van der Waals surface area contributed by atoms with E-state index in [1.165, 1.54) is 0 Å². The Kier molecular flexibility index (Phi) is 3.10. The van der Waals surface area contributed by atoms with Gasteiger partial charge in [0.15, 0.2) is 0 Å². The maximum atomic E-state index is 8.57. The number of rotatable bonds is 3. The van der Waals surface area contributed by atoms with E-state index < -0.39 is 7.25 Å². The quantitative estimate of drug-likeness (QED) is 0.604. The van der Waals surface area contributed by atoms with Crippen LogP contribution in [0.3, 0.4) is 0 Å². The smallest absolute Gasteiger partial charge is 0.413 e. The van der Waals surface area contributed by atoms with Crippen LogP contribution in [0.5, 0.6) is 0 Å². The molecule has 0 spiro atoms. The van der Waals surface area contributed by atoms with E-state index in [-0.39, 0.29) is 0 Å². The zero-order valence-corrected chi connectivity index (χ0v) is 6.10. The van der Waals surface area contributed by atoms with E-state index in [9.17, 15) is 0 Å². The second-order valence-corrected chi connectivity index (χ2v) is 2.19. The molecule has 0 saturated carbocycles. The first-order valence-corrected chi connectivity index (χ1v) is 3.38. The fraction of sp³-hybridized carbons (Fsp3) is 0.143. The molecule has 4 heteroatoms. The van der Waals surface area contributed by atoms with Gasteiger partial charge in [0.1, 0.15) is 0 Å². The normalized spacial score (nSPS) is 9.64. The van der Waals surface area contributed by atoms with E-state index in [0.717, 1.165) is 5.56 Å². The second kappa shape index (κ2) is 4.13. The highest BCUT2D eigenvalue weighted by Gasteiger charge is 2.03. The number of hydrogen-bond acceptors (Lipinski definition) is 3. The molecule has 58 valence electrons. The van der Waals surface area contributed by atoms with E-state index in [2.05, 4.69) is 0 Å². The van der Waals surface area contributed by atoms with Crippen LogP contribution in [0.15, 0.2) is 30.3 Å². The van der Waals surface area contributed by atoms with E-state index in [1.54, 1.807) is 0 Å². The predicted octanol–water partition coefficient (Wildman–Crippen LogP) is 0.139. The molecular formula is C7H10BNO2. The summed E-state index contributed by atoms with van der Waals surface area (Å²) in [6.45, 7) is 0.346. The zero-order chi connectivity index (χ0) is 8.10. The summed E-state index contributed by atoms with van der Waals surface area (Å²) in [5.41, 5.74) is 5.97. The van der Waals surface area contributed by atoms with Gasteiger partial charge in [0.05, 0.1) is 6.61 Å². The lowest BCUT2D eigenvalue weighted by Crippen LogP contribution is -2.29. The minimum Gasteiger partial charge on any atom is -0.413 e. The molecule has 3 N–H and O–H groups in total. The molecule has 0 aromatic heterocycles. The molecular weight excluding hydrogens is 141 g/mol. The molecule has 1 aromatic rings. The Balaban J connectivity index is 2.39. The Bertz CT molecular complexity index is 203. The highest BCUT2D eigenvalue weighted by atomic mass is 16.5. The largest absolute Gasteiger partial charge is 0.549 e. The van der Waals surface area contributed by atoms with Crippen LogP contribution in [0.4, 0.5) is 0 Å². The maximum absolute atomic E-state index is 8.57. The first-order chi connectivity index (χ1) is 5.29. The Morgan fingerprint density at radius 1 is 1.36 bits per heavy atom. The molecule has 0 atom stereocenters. The maximum Gasteiger partial charge on any atom is 0.549 e. The van der Waals surface area contributed by atoms with Gasteiger partial charge in [-0.1, -0.05) is 30.3 Å². The van der Waals surface area contributed by atoms with Crippen LogP contribution >= 0.6 is 0 Å². The van der Waals surface area contributed by atoms with Crippen molar-refractivity contribution in [3.63, 3.8) is 0 Å². The predicted molar refractivity (Wildman–Crippen MR) is 43.4 cm³/mol. The highest BCUT2D eigenvalue weighted by molar-refractivity contribution is 6.38. The summed E-state index contributed by atoms with van der Waals surface area (Å²) in [5, 5.41) is 8.57. The molecule has 0 aliphatic heterocycles. The van der Waals surface area contributed by atoms with Crippen LogP contribution < -0.4 is 5.64 Å². The van der Waals surface area contributed by atoms with Gasteiger partial charge < -0.3 is 15.3 Å². The Hall–Kier alpha value is -0.835. The van der Waals surface area contributed by atoms with Crippen LogP contribution in [-0.2, 0) is 11.3 Å². The van der Waals surface area contributed by atoms with Gasteiger partial charge in [-0.05, 0) is 5.56 Å². The fourth-order valence-electron chi connectivity index (χ4n) is 0.756. The van der Waals surface area contributed by atoms with Crippen molar-refractivity contribution in [2.45, 2.75) is 6.61 Å². The molecule has 0 unspecified atom stereocenters. The Morgan fingerprint density at radius 2 is 2.00 bits per heavy atom. The molecule has 0 heterocycles. The van der Waals surface area contributed by atoms with Crippen molar-refractivity contribution in [1.82, 2.24) is 0 Å². The van der Waals surface area contributed by atoms with Gasteiger partial charge in [-0.25, -0.2) is 0 Å². The van der Waals surface area contributed by atoms with Gasteiger partial charge >= 0.3 is 7.25 Å². The molecule has 3 nitrogen and oxygen atoms in total. The average Bonchev–Trinajstić information content (AvgIpc) is 2.03. The van der Waals surface area contributed by atoms with Gasteiger partial charge in [0, 0.05) is 0 Å². The summed E-state index contributed by atoms with van der Waals surface area (Å²) < 4.78 is 4.76. The zero-order valence-electron chi connectivity index (χ0n) is 6.10. The van der Waals surface area contributed by atoms with E-state index in [1.807, 2.05) is 30.3 Å². The highest BCUT2D eigenvalue weighted by Crippen LogP contribution is 1.99. The Labute approximate surface area is 66.0 Å². The van der Waals surface area contributed by atoms with Gasteiger partial charge in [0.2, 0.25) is 0 Å². The van der Waals surface area contributed by atoms with Gasteiger partial charge in [-0.15, -0.1) is 0 Å². The molecule has 1 aromatic carbocycles. The summed E-state index contributed by atoms with van der Waals surface area (Å²) >= 11 is 0. The molecule has 0 amide bonds. The second-order valence-electron chi connectivity index (χ2n) is 2.19. The summed E-state index contributed by atoms with van der Waals surface area (Å²) in [7, 11) is -1.18. The SMILES string of the molecule is NB(O)OCc1ccccc1.